The lowest BCUT2D eigenvalue weighted by atomic mass is 10.0. The van der Waals surface area contributed by atoms with E-state index in [-0.39, 0.29) is 23.9 Å². The summed E-state index contributed by atoms with van der Waals surface area (Å²) in [5.74, 6) is 0.386. The zero-order chi connectivity index (χ0) is 29.6. The molecule has 1 fully saturated rings. The third kappa shape index (κ3) is 5.11. The van der Waals surface area contributed by atoms with Crippen molar-refractivity contribution in [2.45, 2.75) is 52.6 Å². The number of hydrogen-bond donors (Lipinski definition) is 0. The molecule has 1 saturated heterocycles. The summed E-state index contributed by atoms with van der Waals surface area (Å²) in [6, 6.07) is 10.7. The van der Waals surface area contributed by atoms with Gasteiger partial charge in [-0.3, -0.25) is 9.78 Å². The molecule has 0 bridgehead atoms. The highest BCUT2D eigenvalue weighted by Crippen LogP contribution is 2.37. The maximum Gasteiger partial charge on any atom is 0.355 e. The molecule has 1 aliphatic rings. The first-order chi connectivity index (χ1) is 19.5. The molecule has 8 nitrogen and oxygen atoms in total. The molecule has 0 saturated carbocycles. The van der Waals surface area contributed by atoms with Gasteiger partial charge in [-0.25, -0.2) is 14.3 Å². The molecule has 41 heavy (non-hydrogen) atoms. The molecule has 0 spiro atoms. The van der Waals surface area contributed by atoms with Gasteiger partial charge in [0, 0.05) is 36.9 Å². The normalized spacial score (nSPS) is 17.4. The third-order valence-electron chi connectivity index (χ3n) is 7.57. The summed E-state index contributed by atoms with van der Waals surface area (Å²) in [5, 5.41) is 1.49. The minimum atomic E-state index is -0.477. The largest absolute Gasteiger partial charge is 0.355 e. The monoisotopic (exact) mass is 590 g/mol. The molecule has 0 N–H and O–H groups in total. The van der Waals surface area contributed by atoms with Gasteiger partial charge in [0.25, 0.3) is 0 Å². The van der Waals surface area contributed by atoms with Crippen LogP contribution in [0.2, 0.25) is 10.0 Å². The molecule has 0 aliphatic carbocycles. The van der Waals surface area contributed by atoms with Gasteiger partial charge in [-0.1, -0.05) is 61.8 Å². The van der Waals surface area contributed by atoms with Gasteiger partial charge in [0.1, 0.15) is 5.82 Å². The highest BCUT2D eigenvalue weighted by molar-refractivity contribution is 6.36. The SMILES string of the molecule is C=CC(=O)N1CC(C)N(c2nc(=O)n(-c3c(C)ccnc3C(C)C)c3nc(-c4ccccc4Cl)c(Cl)cc23)CC1C. The lowest BCUT2D eigenvalue weighted by Gasteiger charge is -2.44. The van der Waals surface area contributed by atoms with Crippen LogP contribution in [0.1, 0.15) is 44.9 Å². The van der Waals surface area contributed by atoms with Crippen molar-refractivity contribution in [3.8, 4) is 16.9 Å². The fraction of sp³-hybridized carbons (Fsp3) is 0.323. The van der Waals surface area contributed by atoms with Crippen LogP contribution < -0.4 is 10.6 Å². The summed E-state index contributed by atoms with van der Waals surface area (Å²) in [7, 11) is 0. The Balaban J connectivity index is 1.83. The maximum atomic E-state index is 14.1. The van der Waals surface area contributed by atoms with E-state index < -0.39 is 5.69 Å². The average Bonchev–Trinajstić information content (AvgIpc) is 2.94. The van der Waals surface area contributed by atoms with Crippen LogP contribution in [-0.4, -0.2) is 55.5 Å². The van der Waals surface area contributed by atoms with Crippen LogP contribution in [0.5, 0.6) is 0 Å². The molecular formula is C31H32Cl2N6O2. The van der Waals surface area contributed by atoms with Gasteiger partial charge < -0.3 is 9.80 Å². The Morgan fingerprint density at radius 3 is 2.49 bits per heavy atom. The Morgan fingerprint density at radius 1 is 1.07 bits per heavy atom. The molecule has 0 radical (unpaired) electrons. The minimum absolute atomic E-state index is 0.0400. The molecule has 5 rings (SSSR count). The number of carbonyl (C=O) groups excluding carboxylic acids is 1. The zero-order valence-electron chi connectivity index (χ0n) is 23.7. The van der Waals surface area contributed by atoms with Crippen LogP contribution in [-0.2, 0) is 4.79 Å². The quantitative estimate of drug-likeness (QED) is 0.257. The summed E-state index contributed by atoms with van der Waals surface area (Å²) in [6.45, 7) is 14.6. The Morgan fingerprint density at radius 2 is 1.80 bits per heavy atom. The first-order valence-electron chi connectivity index (χ1n) is 13.6. The highest BCUT2D eigenvalue weighted by atomic mass is 35.5. The van der Waals surface area contributed by atoms with E-state index in [1.165, 1.54) is 6.08 Å². The maximum absolute atomic E-state index is 14.1. The smallest absolute Gasteiger partial charge is 0.349 e. The van der Waals surface area contributed by atoms with Crippen LogP contribution in [0.4, 0.5) is 5.82 Å². The van der Waals surface area contributed by atoms with E-state index in [1.54, 1.807) is 27.8 Å². The van der Waals surface area contributed by atoms with E-state index in [0.29, 0.717) is 56.9 Å². The van der Waals surface area contributed by atoms with Crippen LogP contribution in [0.25, 0.3) is 28.0 Å². The van der Waals surface area contributed by atoms with Crippen molar-refractivity contribution in [3.05, 3.63) is 87.0 Å². The Hall–Kier alpha value is -3.75. The number of halogens is 2. The van der Waals surface area contributed by atoms with Crippen molar-refractivity contribution in [1.29, 1.82) is 0 Å². The predicted molar refractivity (Wildman–Crippen MR) is 165 cm³/mol. The summed E-state index contributed by atoms with van der Waals surface area (Å²) >= 11 is 13.5. The van der Waals surface area contributed by atoms with Crippen molar-refractivity contribution in [1.82, 2.24) is 24.4 Å². The van der Waals surface area contributed by atoms with Crippen LogP contribution >= 0.6 is 23.2 Å². The molecule has 1 aliphatic heterocycles. The number of hydrogen-bond acceptors (Lipinski definition) is 6. The molecule has 1 aromatic carbocycles. The molecule has 1 amide bonds. The first kappa shape index (κ1) is 28.8. The van der Waals surface area contributed by atoms with Gasteiger partial charge in [0.2, 0.25) is 5.91 Å². The van der Waals surface area contributed by atoms with Crippen molar-refractivity contribution in [2.24, 2.45) is 0 Å². The number of carbonyl (C=O) groups is 1. The number of anilines is 1. The van der Waals surface area contributed by atoms with Gasteiger partial charge in [-0.2, -0.15) is 4.98 Å². The fourth-order valence-corrected chi connectivity index (χ4v) is 5.98. The Labute approximate surface area is 249 Å². The van der Waals surface area contributed by atoms with Crippen molar-refractivity contribution >= 4 is 46.0 Å². The average molecular weight is 592 g/mol. The summed E-state index contributed by atoms with van der Waals surface area (Å²) in [5.41, 5.74) is 3.33. The molecule has 10 heteroatoms. The second kappa shape index (κ2) is 11.3. The zero-order valence-corrected chi connectivity index (χ0v) is 25.2. The number of piperazine rings is 1. The number of benzene rings is 1. The molecular weight excluding hydrogens is 559 g/mol. The predicted octanol–water partition coefficient (Wildman–Crippen LogP) is 6.19. The topological polar surface area (TPSA) is 84.2 Å². The number of amides is 1. The van der Waals surface area contributed by atoms with Crippen LogP contribution in [0, 0.1) is 6.92 Å². The summed E-state index contributed by atoms with van der Waals surface area (Å²) in [6.07, 6.45) is 3.08. The summed E-state index contributed by atoms with van der Waals surface area (Å²) < 4.78 is 1.54. The van der Waals surface area contributed by atoms with Crippen LogP contribution in [0.15, 0.2) is 60.0 Å². The second-order valence-electron chi connectivity index (χ2n) is 10.8. The van der Waals surface area contributed by atoms with E-state index in [1.807, 2.05) is 58.9 Å². The highest BCUT2D eigenvalue weighted by Gasteiger charge is 2.34. The van der Waals surface area contributed by atoms with Gasteiger partial charge >= 0.3 is 5.69 Å². The van der Waals surface area contributed by atoms with Gasteiger partial charge in [-0.15, -0.1) is 0 Å². The lowest BCUT2D eigenvalue weighted by molar-refractivity contribution is -0.128. The Bertz CT molecular complexity index is 1730. The standard InChI is InChI=1S/C31H32Cl2N6O2/c1-7-25(40)37-15-20(6)38(16-19(37)5)29-22-14-24(33)27(21-10-8-9-11-23(21)32)35-30(22)39(31(41)36-29)28-18(4)12-13-34-26(28)17(2)3/h7-14,17,19-20H,1,15-16H2,2-6H3. The fourth-order valence-electron chi connectivity index (χ4n) is 5.50. The molecule has 3 aromatic heterocycles. The van der Waals surface area contributed by atoms with E-state index >= 15 is 0 Å². The third-order valence-corrected chi connectivity index (χ3v) is 8.19. The van der Waals surface area contributed by atoms with Crippen LogP contribution in [0.3, 0.4) is 0 Å². The van der Waals surface area contributed by atoms with Crippen molar-refractivity contribution in [3.63, 3.8) is 0 Å². The number of aromatic nitrogens is 4. The minimum Gasteiger partial charge on any atom is -0.349 e. The number of pyridine rings is 2. The molecule has 4 aromatic rings. The summed E-state index contributed by atoms with van der Waals surface area (Å²) in [4.78, 5) is 44.6. The first-order valence-corrected chi connectivity index (χ1v) is 14.3. The second-order valence-corrected chi connectivity index (χ2v) is 11.6. The van der Waals surface area contributed by atoms with Gasteiger partial charge in [-0.05, 0) is 56.5 Å². The number of aryl methyl sites for hydroxylation is 1. The van der Waals surface area contributed by atoms with E-state index in [0.717, 1.165) is 11.3 Å². The van der Waals surface area contributed by atoms with Gasteiger partial charge in [0.15, 0.2) is 5.65 Å². The van der Waals surface area contributed by atoms with Crippen molar-refractivity contribution < 1.29 is 4.79 Å². The Kier molecular flexibility index (Phi) is 7.90. The number of rotatable bonds is 5. The number of fused-ring (bicyclic) bond motifs is 1. The lowest BCUT2D eigenvalue weighted by Crippen LogP contribution is -2.58. The van der Waals surface area contributed by atoms with E-state index in [9.17, 15) is 9.59 Å². The molecule has 2 unspecified atom stereocenters. The van der Waals surface area contributed by atoms with E-state index in [2.05, 4.69) is 21.4 Å². The van der Waals surface area contributed by atoms with Crippen molar-refractivity contribution in [2.75, 3.05) is 18.0 Å². The molecule has 2 atom stereocenters. The molecule has 212 valence electrons. The van der Waals surface area contributed by atoms with Gasteiger partial charge in [0.05, 0.1) is 32.5 Å². The van der Waals surface area contributed by atoms with E-state index in [4.69, 9.17) is 28.2 Å². The molecule has 4 heterocycles. The number of nitrogens with zero attached hydrogens (tertiary/aromatic N) is 6.